The Morgan fingerprint density at radius 2 is 2.00 bits per heavy atom. The highest BCUT2D eigenvalue weighted by Crippen LogP contribution is 2.20. The van der Waals surface area contributed by atoms with Gasteiger partial charge in [-0.2, -0.15) is 0 Å². The van der Waals surface area contributed by atoms with Crippen molar-refractivity contribution in [1.29, 1.82) is 0 Å². The van der Waals surface area contributed by atoms with Crippen molar-refractivity contribution in [2.45, 2.75) is 0 Å². The number of nitrogens with one attached hydrogen (secondary N) is 1. The first kappa shape index (κ1) is 14.2. The summed E-state index contributed by atoms with van der Waals surface area (Å²) < 4.78 is 1.82. The highest BCUT2D eigenvalue weighted by Gasteiger charge is 2.00. The van der Waals surface area contributed by atoms with E-state index < -0.39 is 0 Å². The van der Waals surface area contributed by atoms with Crippen LogP contribution in [0, 0.1) is 0 Å². The van der Waals surface area contributed by atoms with Crippen LogP contribution in [0.3, 0.4) is 0 Å². The number of azo groups is 1. The zero-order valence-corrected chi connectivity index (χ0v) is 12.1. The van der Waals surface area contributed by atoms with Gasteiger partial charge < -0.3 is 14.8 Å². The van der Waals surface area contributed by atoms with Crippen LogP contribution in [-0.2, 0) is 7.05 Å². The second-order valence-electron chi connectivity index (χ2n) is 4.58. The zero-order valence-electron chi connectivity index (χ0n) is 12.1. The molecule has 0 fully saturated rings. The van der Waals surface area contributed by atoms with Gasteiger partial charge in [-0.15, -0.1) is 10.2 Å². The normalized spacial score (nSPS) is 11.2. The molecule has 0 bridgehead atoms. The molecule has 20 heavy (non-hydrogen) atoms. The quantitative estimate of drug-likeness (QED) is 0.822. The lowest BCUT2D eigenvalue weighted by Gasteiger charge is -2.18. The first-order valence-electron chi connectivity index (χ1n) is 6.55. The van der Waals surface area contributed by atoms with Crippen molar-refractivity contribution >= 4 is 17.3 Å². The summed E-state index contributed by atoms with van der Waals surface area (Å²) in [5.41, 5.74) is 1.98. The second-order valence-corrected chi connectivity index (χ2v) is 4.58. The molecular weight excluding hydrogens is 252 g/mol. The van der Waals surface area contributed by atoms with Crippen LogP contribution < -0.4 is 10.2 Å². The average Bonchev–Trinajstić information content (AvgIpc) is 2.88. The van der Waals surface area contributed by atoms with Crippen molar-refractivity contribution in [1.82, 2.24) is 14.9 Å². The molecule has 0 unspecified atom stereocenters. The van der Waals surface area contributed by atoms with Crippen LogP contribution in [0.2, 0.25) is 0 Å². The molecule has 2 aromatic rings. The Labute approximate surface area is 119 Å². The van der Waals surface area contributed by atoms with E-state index in [1.165, 1.54) is 0 Å². The van der Waals surface area contributed by atoms with E-state index >= 15 is 0 Å². The predicted octanol–water partition coefficient (Wildman–Crippen LogP) is 2.49. The van der Waals surface area contributed by atoms with Crippen LogP contribution in [0.5, 0.6) is 0 Å². The Morgan fingerprint density at radius 3 is 2.60 bits per heavy atom. The molecule has 2 rings (SSSR count). The van der Waals surface area contributed by atoms with E-state index in [-0.39, 0.29) is 0 Å². The molecule has 6 heteroatoms. The molecule has 0 aliphatic carbocycles. The van der Waals surface area contributed by atoms with Crippen molar-refractivity contribution in [3.63, 3.8) is 0 Å². The number of imidazole rings is 1. The lowest BCUT2D eigenvalue weighted by Crippen LogP contribution is -2.26. The third-order valence-corrected chi connectivity index (χ3v) is 3.04. The maximum absolute atomic E-state index is 4.18. The molecular formula is C14H20N6. The summed E-state index contributed by atoms with van der Waals surface area (Å²) in [5.74, 6) is 0.597. The molecule has 0 radical (unpaired) electrons. The molecule has 0 spiro atoms. The van der Waals surface area contributed by atoms with Gasteiger partial charge in [0.25, 0.3) is 0 Å². The standard InChI is InChI=1S/C14H20N6/c1-15-8-10-19(2)13-6-4-12(5-7-13)17-18-14-16-9-11-20(14)3/h4-7,9,11,15H,8,10H2,1-3H3. The van der Waals surface area contributed by atoms with Gasteiger partial charge in [0.1, 0.15) is 0 Å². The third kappa shape index (κ3) is 3.64. The highest BCUT2D eigenvalue weighted by atomic mass is 15.2. The molecule has 1 aromatic carbocycles. The molecule has 1 aromatic heterocycles. The van der Waals surface area contributed by atoms with Gasteiger partial charge in [0.05, 0.1) is 5.69 Å². The van der Waals surface area contributed by atoms with Crippen molar-refractivity contribution < 1.29 is 0 Å². The summed E-state index contributed by atoms with van der Waals surface area (Å²) >= 11 is 0. The topological polar surface area (TPSA) is 57.8 Å². The fourth-order valence-electron chi connectivity index (χ4n) is 1.74. The van der Waals surface area contributed by atoms with E-state index in [0.717, 1.165) is 24.5 Å². The van der Waals surface area contributed by atoms with Crippen LogP contribution in [0.15, 0.2) is 46.9 Å². The smallest absolute Gasteiger partial charge is 0.249 e. The van der Waals surface area contributed by atoms with Gasteiger partial charge >= 0.3 is 0 Å². The largest absolute Gasteiger partial charge is 0.373 e. The summed E-state index contributed by atoms with van der Waals surface area (Å²) in [6.07, 6.45) is 3.54. The number of benzene rings is 1. The number of nitrogens with zero attached hydrogens (tertiary/aromatic N) is 5. The molecule has 0 amide bonds. The Balaban J connectivity index is 2.01. The van der Waals surface area contributed by atoms with Gasteiger partial charge in [-0.25, -0.2) is 4.98 Å². The van der Waals surface area contributed by atoms with E-state index in [4.69, 9.17) is 0 Å². The van der Waals surface area contributed by atoms with Gasteiger partial charge in [0.2, 0.25) is 5.95 Å². The van der Waals surface area contributed by atoms with Crippen LogP contribution in [0.4, 0.5) is 17.3 Å². The van der Waals surface area contributed by atoms with E-state index in [2.05, 4.69) is 32.5 Å². The van der Waals surface area contributed by atoms with E-state index in [1.54, 1.807) is 6.20 Å². The third-order valence-electron chi connectivity index (χ3n) is 3.04. The summed E-state index contributed by atoms with van der Waals surface area (Å²) in [5, 5.41) is 11.4. The summed E-state index contributed by atoms with van der Waals surface area (Å²) in [7, 11) is 5.91. The number of likely N-dealkylation sites (N-methyl/N-ethyl adjacent to an activating group) is 2. The van der Waals surface area contributed by atoms with E-state index in [9.17, 15) is 0 Å². The monoisotopic (exact) mass is 272 g/mol. The SMILES string of the molecule is CNCCN(C)c1ccc(N=Nc2nccn2C)cc1. The van der Waals surface area contributed by atoms with Crippen molar-refractivity contribution in [3.8, 4) is 0 Å². The van der Waals surface area contributed by atoms with Gasteiger partial charge in [-0.1, -0.05) is 0 Å². The number of hydrogen-bond acceptors (Lipinski definition) is 5. The predicted molar refractivity (Wildman–Crippen MR) is 81.0 cm³/mol. The minimum Gasteiger partial charge on any atom is -0.373 e. The number of rotatable bonds is 6. The lowest BCUT2D eigenvalue weighted by atomic mass is 10.2. The molecule has 0 aliphatic rings. The van der Waals surface area contributed by atoms with Gasteiger partial charge in [-0.05, 0) is 31.3 Å². The Kier molecular flexibility index (Phi) is 4.84. The maximum Gasteiger partial charge on any atom is 0.249 e. The zero-order chi connectivity index (χ0) is 14.4. The molecule has 106 valence electrons. The van der Waals surface area contributed by atoms with E-state index in [1.807, 2.05) is 49.1 Å². The second kappa shape index (κ2) is 6.81. The van der Waals surface area contributed by atoms with Crippen LogP contribution in [-0.4, -0.2) is 36.7 Å². The fourth-order valence-corrected chi connectivity index (χ4v) is 1.74. The summed E-state index contributed by atoms with van der Waals surface area (Å²) in [4.78, 5) is 6.29. The molecule has 1 N–H and O–H groups in total. The molecule has 6 nitrogen and oxygen atoms in total. The molecule has 0 saturated heterocycles. The van der Waals surface area contributed by atoms with Gasteiger partial charge in [-0.3, -0.25) is 0 Å². The van der Waals surface area contributed by atoms with Crippen LogP contribution in [0.25, 0.3) is 0 Å². The highest BCUT2D eigenvalue weighted by molar-refractivity contribution is 5.52. The number of hydrogen-bond donors (Lipinski definition) is 1. The van der Waals surface area contributed by atoms with Crippen LogP contribution in [0.1, 0.15) is 0 Å². The number of aromatic nitrogens is 2. The van der Waals surface area contributed by atoms with Gasteiger partial charge in [0, 0.05) is 45.3 Å². The maximum atomic E-state index is 4.18. The Bertz CT molecular complexity index is 557. The first-order valence-corrected chi connectivity index (χ1v) is 6.55. The van der Waals surface area contributed by atoms with E-state index in [0.29, 0.717) is 5.95 Å². The van der Waals surface area contributed by atoms with Crippen molar-refractivity contribution in [3.05, 3.63) is 36.7 Å². The molecule has 0 saturated carbocycles. The van der Waals surface area contributed by atoms with Crippen molar-refractivity contribution in [2.75, 3.05) is 32.1 Å². The minimum atomic E-state index is 0.597. The number of aryl methyl sites for hydroxylation is 1. The average molecular weight is 272 g/mol. The fraction of sp³-hybridized carbons (Fsp3) is 0.357. The minimum absolute atomic E-state index is 0.597. The molecule has 0 atom stereocenters. The molecule has 0 aliphatic heterocycles. The molecule has 1 heterocycles. The van der Waals surface area contributed by atoms with Crippen molar-refractivity contribution in [2.24, 2.45) is 17.3 Å². The number of anilines is 1. The first-order chi connectivity index (χ1) is 9.70. The summed E-state index contributed by atoms with van der Waals surface area (Å²) in [6.45, 7) is 1.92. The Morgan fingerprint density at radius 1 is 1.25 bits per heavy atom. The summed E-state index contributed by atoms with van der Waals surface area (Å²) in [6, 6.07) is 8.00. The lowest BCUT2D eigenvalue weighted by molar-refractivity contribution is 0.768. The van der Waals surface area contributed by atoms with Crippen LogP contribution >= 0.6 is 0 Å². The van der Waals surface area contributed by atoms with Gasteiger partial charge in [0.15, 0.2) is 0 Å². The Hall–Kier alpha value is -2.21.